The Morgan fingerprint density at radius 2 is 1.59 bits per heavy atom. The van der Waals surface area contributed by atoms with E-state index in [4.69, 9.17) is 0 Å². The van der Waals surface area contributed by atoms with Crippen molar-refractivity contribution in [2.45, 2.75) is 112 Å². The van der Waals surface area contributed by atoms with Crippen molar-refractivity contribution >= 4 is 0 Å². The van der Waals surface area contributed by atoms with E-state index in [1.165, 1.54) is 51.4 Å². The Balaban J connectivity index is 1.59. The summed E-state index contributed by atoms with van der Waals surface area (Å²) in [6.07, 6.45) is 13.7. The first-order chi connectivity index (χ1) is 14.8. The second-order valence-corrected chi connectivity index (χ2v) is 14.7. The van der Waals surface area contributed by atoms with Crippen LogP contribution in [-0.4, -0.2) is 22.9 Å². The summed E-state index contributed by atoms with van der Waals surface area (Å²) in [7, 11) is 0. The van der Waals surface area contributed by atoms with Crippen molar-refractivity contribution in [2.24, 2.45) is 56.7 Å². The van der Waals surface area contributed by atoms with Crippen LogP contribution in [0.5, 0.6) is 0 Å². The highest BCUT2D eigenvalue weighted by atomic mass is 16.3. The lowest BCUT2D eigenvalue weighted by Crippen LogP contribution is -2.64. The minimum atomic E-state index is -0.153. The molecule has 0 aromatic rings. The lowest BCUT2D eigenvalue weighted by atomic mass is 9.33. The molecule has 32 heavy (non-hydrogen) atoms. The second kappa shape index (κ2) is 7.09. The molecule has 10 atom stereocenters. The fraction of sp³-hybridized carbons (Fsp3) is 0.933. The van der Waals surface area contributed by atoms with Crippen molar-refractivity contribution in [3.63, 3.8) is 0 Å². The van der Waals surface area contributed by atoms with E-state index in [9.17, 15) is 10.2 Å². The van der Waals surface area contributed by atoms with Crippen LogP contribution in [0.1, 0.15) is 106 Å². The number of fused-ring (bicyclic) bond motifs is 7. The van der Waals surface area contributed by atoms with Gasteiger partial charge in [0.05, 0.1) is 6.10 Å². The third-order valence-electron chi connectivity index (χ3n) is 13.3. The second-order valence-electron chi connectivity index (χ2n) is 14.7. The Kier molecular flexibility index (Phi) is 5.19. The van der Waals surface area contributed by atoms with Gasteiger partial charge in [0.2, 0.25) is 0 Å². The van der Waals surface area contributed by atoms with Gasteiger partial charge in [0, 0.05) is 6.61 Å². The molecule has 0 aromatic heterocycles. The molecule has 0 radical (unpaired) electrons. The van der Waals surface area contributed by atoms with Gasteiger partial charge in [-0.3, -0.25) is 0 Å². The van der Waals surface area contributed by atoms with Gasteiger partial charge in [-0.2, -0.15) is 0 Å². The fourth-order valence-electron chi connectivity index (χ4n) is 10.9. The predicted molar refractivity (Wildman–Crippen MR) is 132 cm³/mol. The van der Waals surface area contributed by atoms with E-state index in [2.05, 4.69) is 54.5 Å². The largest absolute Gasteiger partial charge is 0.396 e. The molecule has 10 unspecified atom stereocenters. The summed E-state index contributed by atoms with van der Waals surface area (Å²) >= 11 is 0. The van der Waals surface area contributed by atoms with Crippen LogP contribution >= 0.6 is 0 Å². The molecule has 0 aromatic carbocycles. The van der Waals surface area contributed by atoms with Gasteiger partial charge in [-0.1, -0.05) is 60.1 Å². The van der Waals surface area contributed by atoms with E-state index in [0.29, 0.717) is 52.4 Å². The zero-order chi connectivity index (χ0) is 23.3. The molecule has 5 aliphatic carbocycles. The average Bonchev–Trinajstić information content (AvgIpc) is 2.73. The van der Waals surface area contributed by atoms with Gasteiger partial charge in [-0.25, -0.2) is 0 Å². The highest BCUT2D eigenvalue weighted by molar-refractivity contribution is 5.34. The Bertz CT molecular complexity index is 799. The van der Waals surface area contributed by atoms with Crippen LogP contribution in [0.25, 0.3) is 0 Å². The van der Waals surface area contributed by atoms with Crippen molar-refractivity contribution in [1.82, 2.24) is 0 Å². The van der Waals surface area contributed by atoms with Gasteiger partial charge in [0.1, 0.15) is 0 Å². The number of aliphatic hydroxyl groups is 2. The van der Waals surface area contributed by atoms with Gasteiger partial charge in [0.15, 0.2) is 0 Å². The van der Waals surface area contributed by atoms with Crippen molar-refractivity contribution in [3.8, 4) is 0 Å². The minimum Gasteiger partial charge on any atom is -0.396 e. The number of hydrogen-bond donors (Lipinski definition) is 2. The molecule has 0 spiro atoms. The van der Waals surface area contributed by atoms with Crippen LogP contribution in [0, 0.1) is 56.7 Å². The average molecular weight is 443 g/mol. The zero-order valence-electron chi connectivity index (χ0n) is 22.0. The summed E-state index contributed by atoms with van der Waals surface area (Å²) in [4.78, 5) is 0. The molecule has 4 fully saturated rings. The molecule has 2 N–H and O–H groups in total. The van der Waals surface area contributed by atoms with Gasteiger partial charge >= 0.3 is 0 Å². The molecule has 4 saturated carbocycles. The van der Waals surface area contributed by atoms with Crippen molar-refractivity contribution in [1.29, 1.82) is 0 Å². The Hall–Kier alpha value is -0.340. The maximum absolute atomic E-state index is 10.9. The van der Waals surface area contributed by atoms with Crippen LogP contribution in [0.3, 0.4) is 0 Å². The summed E-state index contributed by atoms with van der Waals surface area (Å²) in [5, 5.41) is 21.4. The van der Waals surface area contributed by atoms with Crippen LogP contribution in [0.4, 0.5) is 0 Å². The lowest BCUT2D eigenvalue weighted by molar-refractivity contribution is -0.204. The van der Waals surface area contributed by atoms with E-state index in [1.807, 2.05) is 0 Å². The van der Waals surface area contributed by atoms with E-state index in [-0.39, 0.29) is 16.9 Å². The molecule has 182 valence electrons. The Labute approximate surface area is 197 Å². The topological polar surface area (TPSA) is 40.5 Å². The highest BCUT2D eigenvalue weighted by Crippen LogP contribution is 2.75. The third kappa shape index (κ3) is 2.72. The van der Waals surface area contributed by atoms with Crippen LogP contribution in [-0.2, 0) is 0 Å². The molecule has 2 nitrogen and oxygen atoms in total. The van der Waals surface area contributed by atoms with Crippen LogP contribution in [0.15, 0.2) is 11.6 Å². The molecular formula is C30H50O2. The van der Waals surface area contributed by atoms with Crippen molar-refractivity contribution < 1.29 is 10.2 Å². The Morgan fingerprint density at radius 3 is 2.28 bits per heavy atom. The van der Waals surface area contributed by atoms with Crippen molar-refractivity contribution in [2.75, 3.05) is 6.61 Å². The molecule has 5 aliphatic rings. The fourth-order valence-corrected chi connectivity index (χ4v) is 10.9. The predicted octanol–water partition coefficient (Wildman–Crippen LogP) is 7.00. The molecule has 0 saturated heterocycles. The highest BCUT2D eigenvalue weighted by Gasteiger charge is 2.68. The van der Waals surface area contributed by atoms with Gasteiger partial charge in [-0.15, -0.1) is 0 Å². The molecule has 0 bridgehead atoms. The van der Waals surface area contributed by atoms with Crippen LogP contribution < -0.4 is 0 Å². The summed E-state index contributed by atoms with van der Waals surface area (Å²) in [5.74, 6) is 2.93. The molecule has 0 heterocycles. The van der Waals surface area contributed by atoms with Gasteiger partial charge in [0.25, 0.3) is 0 Å². The first-order valence-corrected chi connectivity index (χ1v) is 13.8. The van der Waals surface area contributed by atoms with E-state index in [0.717, 1.165) is 6.42 Å². The molecule has 5 rings (SSSR count). The molecular weight excluding hydrogens is 392 g/mol. The lowest BCUT2D eigenvalue weighted by Gasteiger charge is -2.71. The number of aliphatic hydroxyl groups excluding tert-OH is 2. The number of allylic oxidation sites excluding steroid dienone is 2. The normalized spacial score (nSPS) is 56.8. The molecule has 0 amide bonds. The maximum atomic E-state index is 10.9. The summed E-state index contributed by atoms with van der Waals surface area (Å²) in [6.45, 7) is 17.9. The first-order valence-electron chi connectivity index (χ1n) is 13.8. The first kappa shape index (κ1) is 23.4. The van der Waals surface area contributed by atoms with E-state index >= 15 is 0 Å². The Morgan fingerprint density at radius 1 is 0.875 bits per heavy atom. The number of rotatable bonds is 1. The molecule has 0 aliphatic heterocycles. The quantitative estimate of drug-likeness (QED) is 0.429. The summed E-state index contributed by atoms with van der Waals surface area (Å²) in [5.41, 5.74) is 3.02. The zero-order valence-corrected chi connectivity index (χ0v) is 22.0. The van der Waals surface area contributed by atoms with Gasteiger partial charge < -0.3 is 10.2 Å². The van der Waals surface area contributed by atoms with Crippen LogP contribution in [0.2, 0.25) is 0 Å². The van der Waals surface area contributed by atoms with E-state index in [1.54, 1.807) is 5.57 Å². The standard InChI is InChI=1S/C30H50O2/c1-19-10-13-27(4)16-17-29(6)21(25(27)20(19)18-31)8-9-23-28(5)14-12-24(32)26(2,3)22(28)11-15-30(23,29)7/h8,19-20,22-25,31-32H,9-18H2,1-7H3. The maximum Gasteiger partial charge on any atom is 0.0594 e. The smallest absolute Gasteiger partial charge is 0.0594 e. The van der Waals surface area contributed by atoms with Gasteiger partial charge in [-0.05, 0) is 114 Å². The summed E-state index contributed by atoms with van der Waals surface area (Å²) in [6, 6.07) is 0. The number of hydrogen-bond acceptors (Lipinski definition) is 2. The summed E-state index contributed by atoms with van der Waals surface area (Å²) < 4.78 is 0. The third-order valence-corrected chi connectivity index (χ3v) is 13.3. The SMILES string of the molecule is CC1CCC2(C)CCC3(C)C(=CCC4C5(C)CCC(O)C(C)(C)C5CCC43C)C2C1CO. The minimum absolute atomic E-state index is 0.0190. The monoisotopic (exact) mass is 442 g/mol. The molecule has 2 heteroatoms. The van der Waals surface area contributed by atoms with Crippen molar-refractivity contribution in [3.05, 3.63) is 11.6 Å². The van der Waals surface area contributed by atoms with E-state index < -0.39 is 0 Å².